The predicted octanol–water partition coefficient (Wildman–Crippen LogP) is 8.03. The molecule has 2 unspecified atom stereocenters. The minimum absolute atomic E-state index is 0. The van der Waals surface area contributed by atoms with E-state index in [1.54, 1.807) is 31.4 Å². The first-order valence-corrected chi connectivity index (χ1v) is 19.4. The van der Waals surface area contributed by atoms with Crippen molar-refractivity contribution in [3.63, 3.8) is 0 Å². The average Bonchev–Trinajstić information content (AvgIpc) is 3.25. The molecule has 2 N–H and O–H groups in total. The van der Waals surface area contributed by atoms with Gasteiger partial charge in [0.1, 0.15) is 11.5 Å². The van der Waals surface area contributed by atoms with Crippen LogP contribution in [0.25, 0.3) is 22.3 Å². The largest absolute Gasteiger partial charge is 0.497 e. The van der Waals surface area contributed by atoms with Gasteiger partial charge in [0.05, 0.1) is 33.5 Å². The van der Waals surface area contributed by atoms with Crippen LogP contribution in [0.3, 0.4) is 0 Å². The highest BCUT2D eigenvalue weighted by Crippen LogP contribution is 2.36. The molecule has 2 saturated heterocycles. The van der Waals surface area contributed by atoms with Crippen LogP contribution in [0.2, 0.25) is 0 Å². The summed E-state index contributed by atoms with van der Waals surface area (Å²) in [5.74, 6) is 10.0. The summed E-state index contributed by atoms with van der Waals surface area (Å²) in [6, 6.07) is 19.5. The molecule has 5 aromatic rings. The fourth-order valence-corrected chi connectivity index (χ4v) is 7.87. The van der Waals surface area contributed by atoms with Gasteiger partial charge in [-0.3, -0.25) is 9.91 Å². The molecular weight excluding hydrogens is 782 g/mol. The van der Waals surface area contributed by atoms with Crippen LogP contribution in [0.4, 0.5) is 16.3 Å². The van der Waals surface area contributed by atoms with E-state index in [1.165, 1.54) is 0 Å². The van der Waals surface area contributed by atoms with E-state index in [9.17, 15) is 4.39 Å². The van der Waals surface area contributed by atoms with E-state index in [1.807, 2.05) is 87.2 Å². The number of ether oxygens (including phenoxy) is 4. The van der Waals surface area contributed by atoms with E-state index >= 15 is 0 Å². The Kier molecular flexibility index (Phi) is 15.7. The topological polar surface area (TPSA) is 124 Å². The number of likely N-dealkylation sites (tertiary alicyclic amines) is 1. The number of methoxy groups -OCH3 is 2. The number of nitrogens with two attached hydrogens (primary N) is 1. The molecule has 0 amide bonds. The Bertz CT molecular complexity index is 2000. The van der Waals surface area contributed by atoms with E-state index in [0.717, 1.165) is 90.6 Å². The van der Waals surface area contributed by atoms with Gasteiger partial charge in [0.25, 0.3) is 0 Å². The summed E-state index contributed by atoms with van der Waals surface area (Å²) in [7, 11) is 3.32. The lowest BCUT2D eigenvalue weighted by atomic mass is 9.82. The Morgan fingerprint density at radius 1 is 0.707 bits per heavy atom. The highest BCUT2D eigenvalue weighted by atomic mass is 35.5. The molecule has 0 radical (unpaired) electrons. The Balaban J connectivity index is 0.00000320. The Morgan fingerprint density at radius 2 is 1.21 bits per heavy atom. The number of benzene rings is 3. The van der Waals surface area contributed by atoms with E-state index < -0.39 is 5.82 Å². The first kappa shape index (κ1) is 44.2. The van der Waals surface area contributed by atoms with E-state index in [-0.39, 0.29) is 48.4 Å². The number of rotatable bonds is 14. The molecule has 4 heterocycles. The highest BCUT2D eigenvalue weighted by molar-refractivity contribution is 5.85. The number of hydrogen-bond acceptors (Lipinski definition) is 12. The molecule has 0 saturated carbocycles. The van der Waals surface area contributed by atoms with Crippen molar-refractivity contribution in [2.45, 2.75) is 58.2 Å². The molecule has 2 aliphatic heterocycles. The molecule has 2 fully saturated rings. The van der Waals surface area contributed by atoms with Gasteiger partial charge in [0, 0.05) is 55.0 Å². The van der Waals surface area contributed by atoms with Crippen LogP contribution in [0.5, 0.6) is 23.0 Å². The van der Waals surface area contributed by atoms with Gasteiger partial charge in [-0.1, -0.05) is 24.3 Å². The van der Waals surface area contributed by atoms with E-state index in [2.05, 4.69) is 9.80 Å². The normalized spacial score (nSPS) is 17.1. The highest BCUT2D eigenvalue weighted by Gasteiger charge is 2.39. The maximum Gasteiger partial charge on any atom is 0.240 e. The third kappa shape index (κ3) is 10.2. The number of piperidine rings is 2. The number of halogens is 3. The zero-order valence-electron chi connectivity index (χ0n) is 33.4. The van der Waals surface area contributed by atoms with Gasteiger partial charge in [-0.2, -0.15) is 4.39 Å². The Labute approximate surface area is 352 Å². The molecule has 2 aliphatic rings. The molecule has 15 heteroatoms. The summed E-state index contributed by atoms with van der Waals surface area (Å²) < 4.78 is 36.9. The average molecular weight is 836 g/mol. The van der Waals surface area contributed by atoms with Crippen molar-refractivity contribution in [3.05, 3.63) is 96.8 Å². The van der Waals surface area contributed by atoms with Crippen molar-refractivity contribution in [1.29, 1.82) is 0 Å². The molecule has 7 rings (SSSR count). The van der Waals surface area contributed by atoms with Crippen LogP contribution in [0.1, 0.15) is 45.1 Å². The zero-order valence-corrected chi connectivity index (χ0v) is 35.1. The lowest BCUT2D eigenvalue weighted by Gasteiger charge is -2.47. The fourth-order valence-electron chi connectivity index (χ4n) is 7.87. The number of hydrazine groups is 1. The van der Waals surface area contributed by atoms with Crippen LogP contribution in [0, 0.1) is 11.7 Å². The summed E-state index contributed by atoms with van der Waals surface area (Å²) in [6.45, 7) is 7.68. The van der Waals surface area contributed by atoms with Gasteiger partial charge in [-0.25, -0.2) is 25.8 Å². The van der Waals surface area contributed by atoms with Gasteiger partial charge in [0.2, 0.25) is 17.7 Å². The molecule has 12 nitrogen and oxygen atoms in total. The van der Waals surface area contributed by atoms with E-state index in [4.69, 9.17) is 44.7 Å². The minimum Gasteiger partial charge on any atom is -0.497 e. The maximum absolute atomic E-state index is 15.0. The Morgan fingerprint density at radius 3 is 1.69 bits per heavy atom. The van der Waals surface area contributed by atoms with Gasteiger partial charge in [-0.15, -0.1) is 24.8 Å². The molecule has 0 aliphatic carbocycles. The molecule has 58 heavy (non-hydrogen) atoms. The standard InChI is InChI=1S/C43H51FN8O4.2ClH/c1-5-55-39-21-29(22-40(41(39)44)56-6-2)28-50-18-15-32(16-19-50)38-23-35(52(45)43-48-26-34(27-49-43)31-9-13-37(54-4)14-10-31)17-20-51(38)42-46-24-33(25-47-42)30-7-11-36(53-3)12-8-30;;/h7-14,21-22,24-27,32,35,38H,5-6,15-20,23,28,45H2,1-4H3;2*1H. The number of nitrogens with zero attached hydrogens (tertiary/aromatic N) is 7. The second kappa shape index (κ2) is 20.6. The monoisotopic (exact) mass is 834 g/mol. The molecule has 2 aromatic heterocycles. The van der Waals surface area contributed by atoms with E-state index in [0.29, 0.717) is 31.6 Å². The summed E-state index contributed by atoms with van der Waals surface area (Å²) in [4.78, 5) is 24.0. The molecule has 310 valence electrons. The number of hydrogen-bond donors (Lipinski definition) is 1. The summed E-state index contributed by atoms with van der Waals surface area (Å²) >= 11 is 0. The molecule has 0 bridgehead atoms. The second-order valence-electron chi connectivity index (χ2n) is 14.2. The summed E-state index contributed by atoms with van der Waals surface area (Å²) in [5, 5.41) is 1.74. The van der Waals surface area contributed by atoms with Crippen LogP contribution in [-0.2, 0) is 6.54 Å². The number of aromatic nitrogens is 4. The predicted molar refractivity (Wildman–Crippen MR) is 230 cm³/mol. The fraction of sp³-hybridized carbons (Fsp3) is 0.395. The molecule has 2 atom stereocenters. The molecular formula is C43H53Cl2FN8O4. The van der Waals surface area contributed by atoms with Crippen LogP contribution in [-0.4, -0.2) is 84.0 Å². The van der Waals surface area contributed by atoms with Gasteiger partial charge >= 0.3 is 0 Å². The Hall–Kier alpha value is -4.95. The first-order chi connectivity index (χ1) is 27.4. The lowest BCUT2D eigenvalue weighted by molar-refractivity contribution is 0.147. The number of anilines is 2. The van der Waals surface area contributed by atoms with Crippen molar-refractivity contribution in [1.82, 2.24) is 24.8 Å². The second-order valence-corrected chi connectivity index (χ2v) is 14.2. The van der Waals surface area contributed by atoms with Crippen LogP contribution < -0.4 is 34.7 Å². The van der Waals surface area contributed by atoms with Crippen molar-refractivity contribution < 1.29 is 23.3 Å². The lowest BCUT2D eigenvalue weighted by Crippen LogP contribution is -2.56. The maximum atomic E-state index is 15.0. The minimum atomic E-state index is -0.449. The third-order valence-electron chi connectivity index (χ3n) is 10.9. The van der Waals surface area contributed by atoms with Crippen LogP contribution >= 0.6 is 24.8 Å². The third-order valence-corrected chi connectivity index (χ3v) is 10.9. The van der Waals surface area contributed by atoms with Crippen molar-refractivity contribution in [2.75, 3.05) is 57.0 Å². The zero-order chi connectivity index (χ0) is 39.0. The van der Waals surface area contributed by atoms with Crippen molar-refractivity contribution in [2.24, 2.45) is 11.8 Å². The van der Waals surface area contributed by atoms with Gasteiger partial charge in [-0.05, 0) is 112 Å². The quantitative estimate of drug-likeness (QED) is 0.0861. The smallest absolute Gasteiger partial charge is 0.240 e. The SMILES string of the molecule is CCOc1cc(CN2CCC(C3CC(N(N)c4ncc(-c5ccc(OC)cc5)cn4)CCN3c3ncc(-c4ccc(OC)cc4)cn3)CC2)cc(OCC)c1F.Cl.Cl. The van der Waals surface area contributed by atoms with Crippen molar-refractivity contribution in [3.8, 4) is 45.3 Å². The molecule has 3 aromatic carbocycles. The van der Waals surface area contributed by atoms with Crippen molar-refractivity contribution >= 4 is 36.7 Å². The van der Waals surface area contributed by atoms with Crippen LogP contribution in [0.15, 0.2) is 85.5 Å². The summed E-state index contributed by atoms with van der Waals surface area (Å²) in [5.41, 5.74) is 4.85. The molecule has 0 spiro atoms. The van der Waals surface area contributed by atoms with Gasteiger partial charge in [0.15, 0.2) is 11.5 Å². The van der Waals surface area contributed by atoms with Gasteiger partial charge < -0.3 is 23.8 Å². The summed E-state index contributed by atoms with van der Waals surface area (Å²) in [6.07, 6.45) is 11.0. The first-order valence-electron chi connectivity index (χ1n) is 19.4.